The predicted octanol–water partition coefficient (Wildman–Crippen LogP) is 1.42. The second-order valence-electron chi connectivity index (χ2n) is 3.22. The van der Waals surface area contributed by atoms with E-state index >= 15 is 0 Å². The zero-order valence-corrected chi connectivity index (χ0v) is 10.3. The summed E-state index contributed by atoms with van der Waals surface area (Å²) in [6, 6.07) is 0. The van der Waals surface area contributed by atoms with E-state index in [0.717, 1.165) is 0 Å². The third kappa shape index (κ3) is 13.5. The van der Waals surface area contributed by atoms with Gasteiger partial charge in [-0.3, -0.25) is 4.79 Å². The van der Waals surface area contributed by atoms with Gasteiger partial charge in [-0.1, -0.05) is 0 Å². The number of amides is 1. The molecule has 0 radical (unpaired) electrons. The molecule has 0 saturated heterocycles. The Morgan fingerprint density at radius 1 is 1.24 bits per heavy atom. The smallest absolute Gasteiger partial charge is 0.261 e. The summed E-state index contributed by atoms with van der Waals surface area (Å²) in [6.45, 7) is 0.917. The SMILES string of the molecule is O=C(CCOCC(F)F)NCCCOCCCl. The normalized spacial score (nSPS) is 10.8. The average molecular weight is 274 g/mol. The third-order valence-corrected chi connectivity index (χ3v) is 1.88. The minimum absolute atomic E-state index is 0.0128. The number of nitrogens with one attached hydrogen (secondary N) is 1. The van der Waals surface area contributed by atoms with E-state index in [1.165, 1.54) is 0 Å². The van der Waals surface area contributed by atoms with E-state index in [4.69, 9.17) is 16.3 Å². The van der Waals surface area contributed by atoms with Crippen LogP contribution in [0.15, 0.2) is 0 Å². The van der Waals surface area contributed by atoms with E-state index in [0.29, 0.717) is 32.1 Å². The Labute approximate surface area is 105 Å². The van der Waals surface area contributed by atoms with E-state index in [-0.39, 0.29) is 18.9 Å². The molecule has 7 heteroatoms. The average Bonchev–Trinajstić information content (AvgIpc) is 2.29. The van der Waals surface area contributed by atoms with E-state index in [1.54, 1.807) is 0 Å². The van der Waals surface area contributed by atoms with Crippen molar-refractivity contribution >= 4 is 17.5 Å². The van der Waals surface area contributed by atoms with E-state index in [2.05, 4.69) is 10.1 Å². The van der Waals surface area contributed by atoms with Gasteiger partial charge >= 0.3 is 0 Å². The first-order chi connectivity index (χ1) is 8.16. The molecule has 0 aliphatic carbocycles. The molecule has 0 aliphatic rings. The molecule has 1 amide bonds. The Morgan fingerprint density at radius 3 is 2.65 bits per heavy atom. The Kier molecular flexibility index (Phi) is 11.7. The number of carbonyl (C=O) groups excluding carboxylic acids is 1. The van der Waals surface area contributed by atoms with Gasteiger partial charge in [-0.05, 0) is 6.42 Å². The lowest BCUT2D eigenvalue weighted by Crippen LogP contribution is -2.26. The van der Waals surface area contributed by atoms with Crippen LogP contribution in [0, 0.1) is 0 Å². The molecule has 102 valence electrons. The summed E-state index contributed by atoms with van der Waals surface area (Å²) in [4.78, 5) is 11.1. The summed E-state index contributed by atoms with van der Waals surface area (Å²) >= 11 is 5.40. The van der Waals surface area contributed by atoms with Crippen LogP contribution in [0.1, 0.15) is 12.8 Å². The van der Waals surface area contributed by atoms with Crippen LogP contribution in [0.25, 0.3) is 0 Å². The van der Waals surface area contributed by atoms with Crippen molar-refractivity contribution in [3.8, 4) is 0 Å². The number of hydrogen-bond donors (Lipinski definition) is 1. The summed E-state index contributed by atoms with van der Waals surface area (Å²) in [5, 5.41) is 2.63. The van der Waals surface area contributed by atoms with Crippen molar-refractivity contribution in [2.24, 2.45) is 0 Å². The van der Waals surface area contributed by atoms with Gasteiger partial charge < -0.3 is 14.8 Å². The molecule has 0 aliphatic heterocycles. The minimum Gasteiger partial charge on any atom is -0.380 e. The highest BCUT2D eigenvalue weighted by atomic mass is 35.5. The second-order valence-corrected chi connectivity index (χ2v) is 3.60. The van der Waals surface area contributed by atoms with Crippen molar-refractivity contribution in [3.63, 3.8) is 0 Å². The Bertz CT molecular complexity index is 196. The first kappa shape index (κ1) is 16.5. The van der Waals surface area contributed by atoms with Crippen molar-refractivity contribution in [1.82, 2.24) is 5.32 Å². The highest BCUT2D eigenvalue weighted by molar-refractivity contribution is 6.17. The molecule has 0 atom stereocenters. The molecule has 0 rings (SSSR count). The van der Waals surface area contributed by atoms with E-state index in [1.807, 2.05) is 0 Å². The molecule has 0 unspecified atom stereocenters. The summed E-state index contributed by atoms with van der Waals surface area (Å²) in [6.07, 6.45) is -1.70. The predicted molar refractivity (Wildman–Crippen MR) is 60.6 cm³/mol. The Hall–Kier alpha value is -0.460. The highest BCUT2D eigenvalue weighted by Gasteiger charge is 2.04. The van der Waals surface area contributed by atoms with Crippen molar-refractivity contribution in [3.05, 3.63) is 0 Å². The molecule has 4 nitrogen and oxygen atoms in total. The summed E-state index contributed by atoms with van der Waals surface area (Å²) in [5.41, 5.74) is 0. The Balaban J connectivity index is 3.18. The molecule has 0 fully saturated rings. The zero-order chi connectivity index (χ0) is 12.9. The van der Waals surface area contributed by atoms with Crippen LogP contribution in [0.3, 0.4) is 0 Å². The van der Waals surface area contributed by atoms with Crippen LogP contribution < -0.4 is 5.32 Å². The van der Waals surface area contributed by atoms with Gasteiger partial charge in [-0.2, -0.15) is 0 Å². The van der Waals surface area contributed by atoms with Crippen molar-refractivity contribution in [1.29, 1.82) is 0 Å². The molecular weight excluding hydrogens is 256 g/mol. The van der Waals surface area contributed by atoms with Gasteiger partial charge in [-0.25, -0.2) is 8.78 Å². The van der Waals surface area contributed by atoms with Crippen LogP contribution in [-0.2, 0) is 14.3 Å². The molecule has 0 aromatic rings. The van der Waals surface area contributed by atoms with Gasteiger partial charge in [0.1, 0.15) is 6.61 Å². The third-order valence-electron chi connectivity index (χ3n) is 1.73. The monoisotopic (exact) mass is 273 g/mol. The molecule has 0 spiro atoms. The number of ether oxygens (including phenoxy) is 2. The molecule has 0 saturated carbocycles. The maximum Gasteiger partial charge on any atom is 0.261 e. The van der Waals surface area contributed by atoms with Gasteiger partial charge in [-0.15, -0.1) is 11.6 Å². The number of alkyl halides is 3. The van der Waals surface area contributed by atoms with Crippen LogP contribution >= 0.6 is 11.6 Å². The quantitative estimate of drug-likeness (QED) is 0.457. The van der Waals surface area contributed by atoms with Crippen molar-refractivity contribution < 1.29 is 23.0 Å². The number of rotatable bonds is 11. The topological polar surface area (TPSA) is 47.6 Å². The first-order valence-corrected chi connectivity index (χ1v) is 5.96. The summed E-state index contributed by atoms with van der Waals surface area (Å²) in [7, 11) is 0. The molecule has 0 bridgehead atoms. The minimum atomic E-state index is -2.49. The molecule has 17 heavy (non-hydrogen) atoms. The molecule has 1 N–H and O–H groups in total. The van der Waals surface area contributed by atoms with Crippen LogP contribution in [0.5, 0.6) is 0 Å². The highest BCUT2D eigenvalue weighted by Crippen LogP contribution is 1.93. The fourth-order valence-electron chi connectivity index (χ4n) is 0.984. The zero-order valence-electron chi connectivity index (χ0n) is 9.59. The molecule has 0 heterocycles. The number of halogens is 3. The fraction of sp³-hybridized carbons (Fsp3) is 0.900. The van der Waals surface area contributed by atoms with Crippen molar-refractivity contribution in [2.45, 2.75) is 19.3 Å². The molecule has 0 aromatic heterocycles. The number of carbonyl (C=O) groups is 1. The summed E-state index contributed by atoms with van der Waals surface area (Å²) in [5.74, 6) is 0.241. The lowest BCUT2D eigenvalue weighted by molar-refractivity contribution is -0.122. The van der Waals surface area contributed by atoms with Gasteiger partial charge in [0.2, 0.25) is 5.91 Å². The van der Waals surface area contributed by atoms with Crippen LogP contribution in [0.4, 0.5) is 8.78 Å². The lowest BCUT2D eigenvalue weighted by Gasteiger charge is -2.06. The lowest BCUT2D eigenvalue weighted by atomic mass is 10.4. The second kappa shape index (κ2) is 12.0. The largest absolute Gasteiger partial charge is 0.380 e. The van der Waals surface area contributed by atoms with Gasteiger partial charge in [0.25, 0.3) is 6.43 Å². The van der Waals surface area contributed by atoms with E-state index < -0.39 is 13.0 Å². The maximum absolute atomic E-state index is 11.7. The maximum atomic E-state index is 11.7. The molecule has 0 aromatic carbocycles. The van der Waals surface area contributed by atoms with Gasteiger partial charge in [0, 0.05) is 25.5 Å². The van der Waals surface area contributed by atoms with Crippen LogP contribution in [0.2, 0.25) is 0 Å². The van der Waals surface area contributed by atoms with Crippen molar-refractivity contribution in [2.75, 3.05) is 38.9 Å². The molecular formula is C10H18ClF2NO3. The number of hydrogen-bond acceptors (Lipinski definition) is 3. The summed E-state index contributed by atoms with van der Waals surface area (Å²) < 4.78 is 33.0. The van der Waals surface area contributed by atoms with Gasteiger partial charge in [0.15, 0.2) is 0 Å². The standard InChI is InChI=1S/C10H18ClF2NO3/c11-3-7-16-5-1-4-14-10(15)2-6-17-8-9(12)13/h9H,1-8H2,(H,14,15). The van der Waals surface area contributed by atoms with Crippen LogP contribution in [-0.4, -0.2) is 51.2 Å². The first-order valence-electron chi connectivity index (χ1n) is 5.43. The fourth-order valence-corrected chi connectivity index (χ4v) is 1.09. The van der Waals surface area contributed by atoms with Gasteiger partial charge in [0.05, 0.1) is 13.2 Å². The Morgan fingerprint density at radius 2 is 2.00 bits per heavy atom. The van der Waals surface area contributed by atoms with E-state index in [9.17, 15) is 13.6 Å².